The number of aromatic amines is 1. The van der Waals surface area contributed by atoms with Crippen LogP contribution >= 0.6 is 0 Å². The van der Waals surface area contributed by atoms with Gasteiger partial charge in [0.1, 0.15) is 11.4 Å². The van der Waals surface area contributed by atoms with E-state index in [9.17, 15) is 19.2 Å². The fourth-order valence-corrected chi connectivity index (χ4v) is 5.16. The SMILES string of the molecule is CC#CCn1c(N2CCCC(NC(=O)OC(C)(C)C)C2)nc2c1c(=O)n(Cc1nc3ccccc3c(=O)[nH]1)c(=O)n2C. The Morgan fingerprint density at radius 2 is 1.93 bits per heavy atom. The van der Waals surface area contributed by atoms with Gasteiger partial charge in [-0.05, 0) is 52.7 Å². The van der Waals surface area contributed by atoms with Crippen LogP contribution in [0, 0.1) is 11.8 Å². The third-order valence-electron chi connectivity index (χ3n) is 7.02. The first-order valence-electron chi connectivity index (χ1n) is 13.8. The number of amides is 1. The Morgan fingerprint density at radius 1 is 1.17 bits per heavy atom. The minimum Gasteiger partial charge on any atom is -0.444 e. The van der Waals surface area contributed by atoms with Gasteiger partial charge in [0.05, 0.1) is 24.0 Å². The molecule has 13 heteroatoms. The van der Waals surface area contributed by atoms with E-state index >= 15 is 0 Å². The first-order valence-corrected chi connectivity index (χ1v) is 13.8. The summed E-state index contributed by atoms with van der Waals surface area (Å²) in [5.74, 6) is 6.54. The number of hydrogen-bond donors (Lipinski definition) is 2. The maximum atomic E-state index is 13.9. The lowest BCUT2D eigenvalue weighted by molar-refractivity contribution is 0.0499. The molecule has 0 bridgehead atoms. The fraction of sp³-hybridized carbons (Fsp3) is 0.448. The maximum absolute atomic E-state index is 13.9. The normalized spacial score (nSPS) is 15.5. The van der Waals surface area contributed by atoms with Crippen LogP contribution in [0.15, 0.2) is 38.6 Å². The minimum atomic E-state index is -0.620. The molecule has 0 saturated carbocycles. The molecule has 1 fully saturated rings. The number of rotatable bonds is 5. The van der Waals surface area contributed by atoms with Gasteiger partial charge in [-0.15, -0.1) is 5.92 Å². The van der Waals surface area contributed by atoms with Gasteiger partial charge >= 0.3 is 11.8 Å². The van der Waals surface area contributed by atoms with Crippen LogP contribution in [0.3, 0.4) is 0 Å². The second-order valence-electron chi connectivity index (χ2n) is 11.3. The molecule has 220 valence electrons. The highest BCUT2D eigenvalue weighted by atomic mass is 16.6. The molecule has 1 saturated heterocycles. The zero-order valence-corrected chi connectivity index (χ0v) is 24.4. The lowest BCUT2D eigenvalue weighted by Crippen LogP contribution is -2.49. The number of aromatic nitrogens is 6. The number of carbonyl (C=O) groups is 1. The average molecular weight is 575 g/mol. The van der Waals surface area contributed by atoms with Crippen LogP contribution in [-0.2, 0) is 24.9 Å². The highest BCUT2D eigenvalue weighted by Crippen LogP contribution is 2.23. The number of nitrogens with zero attached hydrogens (tertiary/aromatic N) is 6. The molecule has 13 nitrogen and oxygen atoms in total. The molecule has 1 aliphatic heterocycles. The highest BCUT2D eigenvalue weighted by molar-refractivity contribution is 5.77. The number of fused-ring (bicyclic) bond motifs is 2. The molecule has 0 aliphatic carbocycles. The largest absolute Gasteiger partial charge is 0.444 e. The number of anilines is 1. The number of hydrogen-bond acceptors (Lipinski definition) is 8. The van der Waals surface area contributed by atoms with Crippen molar-refractivity contribution in [3.05, 3.63) is 61.3 Å². The second kappa shape index (κ2) is 11.2. The number of piperidine rings is 1. The standard InChI is InChI=1S/C29H34N8O5/c1-6-7-15-36-22-23(33-26(36)35-14-10-11-18(16-35)30-27(40)42-29(2,3)4)34(5)28(41)37(25(22)39)17-21-31-20-13-9-8-12-19(20)24(38)32-21/h8-9,12-13,18H,10-11,14-17H2,1-5H3,(H,30,40)(H,31,32,38). The molecule has 1 aliphatic rings. The van der Waals surface area contributed by atoms with Crippen molar-refractivity contribution in [2.75, 3.05) is 18.0 Å². The summed E-state index contributed by atoms with van der Waals surface area (Å²) in [7, 11) is 1.55. The van der Waals surface area contributed by atoms with Crippen molar-refractivity contribution in [2.24, 2.45) is 7.05 Å². The molecule has 5 rings (SSSR count). The third kappa shape index (κ3) is 5.65. The van der Waals surface area contributed by atoms with Crippen LogP contribution in [0.25, 0.3) is 22.1 Å². The molecule has 4 aromatic rings. The smallest absolute Gasteiger partial charge is 0.407 e. The zero-order chi connectivity index (χ0) is 30.2. The zero-order valence-electron chi connectivity index (χ0n) is 24.4. The molecule has 42 heavy (non-hydrogen) atoms. The predicted octanol–water partition coefficient (Wildman–Crippen LogP) is 1.70. The Bertz CT molecular complexity index is 1910. The highest BCUT2D eigenvalue weighted by Gasteiger charge is 2.29. The number of carbonyl (C=O) groups excluding carboxylic acids is 1. The Kier molecular flexibility index (Phi) is 7.64. The summed E-state index contributed by atoms with van der Waals surface area (Å²) in [4.78, 5) is 66.2. The molecule has 1 amide bonds. The molecule has 1 atom stereocenters. The van der Waals surface area contributed by atoms with Crippen LogP contribution in [-0.4, -0.2) is 59.5 Å². The van der Waals surface area contributed by atoms with E-state index in [4.69, 9.17) is 9.72 Å². The molecular formula is C29H34N8O5. The number of alkyl carbamates (subject to hydrolysis) is 1. The summed E-state index contributed by atoms with van der Waals surface area (Å²) in [6.45, 7) is 8.14. The molecule has 3 aromatic heterocycles. The minimum absolute atomic E-state index is 0.168. The Labute approximate surface area is 241 Å². The molecular weight excluding hydrogens is 540 g/mol. The van der Waals surface area contributed by atoms with E-state index in [1.807, 2.05) is 25.7 Å². The fourth-order valence-electron chi connectivity index (χ4n) is 5.16. The predicted molar refractivity (Wildman–Crippen MR) is 159 cm³/mol. The van der Waals surface area contributed by atoms with Crippen LogP contribution in [0.4, 0.5) is 10.7 Å². The van der Waals surface area contributed by atoms with Crippen molar-refractivity contribution in [1.82, 2.24) is 34.0 Å². The van der Waals surface area contributed by atoms with Gasteiger partial charge in [0, 0.05) is 26.2 Å². The summed E-state index contributed by atoms with van der Waals surface area (Å²) < 4.78 is 9.49. The van der Waals surface area contributed by atoms with Crippen molar-refractivity contribution in [3.8, 4) is 11.8 Å². The number of benzene rings is 1. The third-order valence-corrected chi connectivity index (χ3v) is 7.02. The van der Waals surface area contributed by atoms with E-state index in [1.54, 1.807) is 42.8 Å². The van der Waals surface area contributed by atoms with E-state index in [0.717, 1.165) is 17.4 Å². The topological polar surface area (TPSA) is 149 Å². The first-order chi connectivity index (χ1) is 20.0. The molecule has 1 unspecified atom stereocenters. The van der Waals surface area contributed by atoms with Crippen LogP contribution in [0.2, 0.25) is 0 Å². The molecule has 0 spiro atoms. The number of para-hydroxylation sites is 1. The maximum Gasteiger partial charge on any atom is 0.407 e. The van der Waals surface area contributed by atoms with Gasteiger partial charge in [0.2, 0.25) is 5.95 Å². The van der Waals surface area contributed by atoms with Gasteiger partial charge in [-0.3, -0.25) is 23.3 Å². The number of ether oxygens (including phenoxy) is 1. The van der Waals surface area contributed by atoms with Gasteiger partial charge < -0.3 is 19.9 Å². The van der Waals surface area contributed by atoms with Gasteiger partial charge in [0.25, 0.3) is 11.1 Å². The quantitative estimate of drug-likeness (QED) is 0.342. The average Bonchev–Trinajstić information content (AvgIpc) is 3.32. The van der Waals surface area contributed by atoms with Crippen molar-refractivity contribution in [2.45, 2.75) is 65.3 Å². The van der Waals surface area contributed by atoms with Crippen LogP contribution < -0.4 is 27.0 Å². The van der Waals surface area contributed by atoms with Gasteiger partial charge in [-0.1, -0.05) is 18.1 Å². The van der Waals surface area contributed by atoms with Crippen LogP contribution in [0.1, 0.15) is 46.4 Å². The van der Waals surface area contributed by atoms with Crippen molar-refractivity contribution in [1.29, 1.82) is 0 Å². The van der Waals surface area contributed by atoms with Crippen molar-refractivity contribution in [3.63, 3.8) is 0 Å². The van der Waals surface area contributed by atoms with Crippen molar-refractivity contribution >= 4 is 34.1 Å². The van der Waals surface area contributed by atoms with E-state index in [0.29, 0.717) is 29.9 Å². The van der Waals surface area contributed by atoms with Gasteiger partial charge in [-0.2, -0.15) is 4.98 Å². The van der Waals surface area contributed by atoms with E-state index in [1.165, 1.54) is 4.57 Å². The van der Waals surface area contributed by atoms with E-state index in [-0.39, 0.29) is 41.7 Å². The van der Waals surface area contributed by atoms with Crippen LogP contribution in [0.5, 0.6) is 0 Å². The number of nitrogens with one attached hydrogen (secondary N) is 2. The monoisotopic (exact) mass is 574 g/mol. The van der Waals surface area contributed by atoms with Gasteiger partial charge in [-0.25, -0.2) is 14.6 Å². The number of aryl methyl sites for hydroxylation is 1. The lowest BCUT2D eigenvalue weighted by atomic mass is 10.1. The summed E-state index contributed by atoms with van der Waals surface area (Å²) >= 11 is 0. The molecule has 1 aromatic carbocycles. The Morgan fingerprint density at radius 3 is 2.67 bits per heavy atom. The molecule has 4 heterocycles. The Hall–Kier alpha value is -4.86. The second-order valence-corrected chi connectivity index (χ2v) is 11.3. The van der Waals surface area contributed by atoms with Crippen molar-refractivity contribution < 1.29 is 9.53 Å². The lowest BCUT2D eigenvalue weighted by Gasteiger charge is -2.34. The summed E-state index contributed by atoms with van der Waals surface area (Å²) in [6, 6.07) is 6.66. The van der Waals surface area contributed by atoms with Gasteiger partial charge in [0.15, 0.2) is 11.2 Å². The summed E-state index contributed by atoms with van der Waals surface area (Å²) in [5.41, 5.74) is -1.24. The van der Waals surface area contributed by atoms with E-state index in [2.05, 4.69) is 27.1 Å². The number of imidazole rings is 1. The van der Waals surface area contributed by atoms with E-state index < -0.39 is 22.9 Å². The Balaban J connectivity index is 1.56. The molecule has 2 N–H and O–H groups in total. The summed E-state index contributed by atoms with van der Waals surface area (Å²) in [6.07, 6.45) is 1.03. The summed E-state index contributed by atoms with van der Waals surface area (Å²) in [5, 5.41) is 3.35. The molecule has 0 radical (unpaired) electrons. The number of H-pyrrole nitrogens is 1. The first kappa shape index (κ1) is 28.7.